The number of carbonyl (C=O) groups is 2. The van der Waals surface area contributed by atoms with Gasteiger partial charge in [-0.1, -0.05) is 11.6 Å². The van der Waals surface area contributed by atoms with Gasteiger partial charge in [0.2, 0.25) is 5.91 Å². The van der Waals surface area contributed by atoms with E-state index in [4.69, 9.17) is 25.8 Å². The van der Waals surface area contributed by atoms with Crippen molar-refractivity contribution in [1.29, 1.82) is 0 Å². The Kier molecular flexibility index (Phi) is 5.39. The molecule has 0 N–H and O–H groups in total. The van der Waals surface area contributed by atoms with Crippen molar-refractivity contribution in [3.63, 3.8) is 0 Å². The third kappa shape index (κ3) is 4.32. The quantitative estimate of drug-likeness (QED) is 0.646. The second-order valence-corrected chi connectivity index (χ2v) is 9.66. The van der Waals surface area contributed by atoms with Crippen molar-refractivity contribution in [2.45, 2.75) is 31.9 Å². The van der Waals surface area contributed by atoms with Gasteiger partial charge in [-0.05, 0) is 24.1 Å². The van der Waals surface area contributed by atoms with Gasteiger partial charge in [0.05, 0.1) is 22.6 Å². The summed E-state index contributed by atoms with van der Waals surface area (Å²) in [4.78, 5) is 24.6. The lowest BCUT2D eigenvalue weighted by Gasteiger charge is -2.27. The van der Waals surface area contributed by atoms with Gasteiger partial charge in [0.25, 0.3) is 0 Å². The number of hydrogen-bond donors (Lipinski definition) is 0. The summed E-state index contributed by atoms with van der Waals surface area (Å²) in [5.41, 5.74) is 0.719. The van der Waals surface area contributed by atoms with E-state index in [1.807, 2.05) is 0 Å². The summed E-state index contributed by atoms with van der Waals surface area (Å²) in [5, 5.41) is 5.60. The van der Waals surface area contributed by atoms with Gasteiger partial charge in [-0.2, -0.15) is 5.10 Å². The third-order valence-corrected chi connectivity index (χ3v) is 6.91. The Morgan fingerprint density at radius 2 is 2.07 bits per heavy atom. The molecule has 29 heavy (non-hydrogen) atoms. The molecule has 1 aromatic carbocycles. The van der Waals surface area contributed by atoms with Crippen LogP contribution in [0.3, 0.4) is 0 Å². The summed E-state index contributed by atoms with van der Waals surface area (Å²) in [7, 11) is -3.18. The maximum atomic E-state index is 12.4. The molecule has 0 bridgehead atoms. The number of sulfone groups is 1. The van der Waals surface area contributed by atoms with Crippen molar-refractivity contribution >= 4 is 39.0 Å². The summed E-state index contributed by atoms with van der Waals surface area (Å²) in [6, 6.07) is 2.78. The lowest BCUT2D eigenvalue weighted by atomic mass is 10.1. The number of rotatable bonds is 4. The first-order valence-electron chi connectivity index (χ1n) is 9.17. The van der Waals surface area contributed by atoms with Gasteiger partial charge in [0, 0.05) is 12.8 Å². The fraction of sp³-hybridized carbons (Fsp3) is 0.500. The molecule has 3 heterocycles. The van der Waals surface area contributed by atoms with Crippen LogP contribution in [0.5, 0.6) is 11.5 Å². The number of carbonyl (C=O) groups excluding carboxylic acids is 2. The first-order chi connectivity index (χ1) is 13.8. The molecule has 156 valence electrons. The fourth-order valence-electron chi connectivity index (χ4n) is 3.45. The minimum absolute atomic E-state index is 0.0155. The second-order valence-electron chi connectivity index (χ2n) is 7.02. The molecule has 0 unspecified atom stereocenters. The number of nitrogens with zero attached hydrogens (tertiary/aromatic N) is 2. The number of halogens is 1. The summed E-state index contributed by atoms with van der Waals surface area (Å²) in [6.07, 6.45) is 0.547. The van der Waals surface area contributed by atoms with Crippen molar-refractivity contribution in [1.82, 2.24) is 5.01 Å². The molecule has 1 aromatic rings. The number of hydrazone groups is 1. The zero-order chi connectivity index (χ0) is 20.6. The van der Waals surface area contributed by atoms with Crippen molar-refractivity contribution < 1.29 is 32.2 Å². The maximum absolute atomic E-state index is 12.4. The lowest BCUT2D eigenvalue weighted by Crippen LogP contribution is -2.42. The maximum Gasteiger partial charge on any atom is 0.354 e. The van der Waals surface area contributed by atoms with Crippen LogP contribution < -0.4 is 9.47 Å². The molecular weight excluding hydrogens is 424 g/mol. The molecule has 1 amide bonds. The van der Waals surface area contributed by atoms with E-state index in [0.717, 1.165) is 5.01 Å². The van der Waals surface area contributed by atoms with E-state index in [1.165, 1.54) is 0 Å². The molecule has 0 radical (unpaired) electrons. The average molecular weight is 443 g/mol. The SMILES string of the molecule is O=C(OCc1cc(Cl)c2c(c1)OCCO2)C1=NN([C@@H]2CCS(=O)(=O)C2)C(=O)CC1. The van der Waals surface area contributed by atoms with Gasteiger partial charge in [-0.25, -0.2) is 18.2 Å². The highest BCUT2D eigenvalue weighted by Crippen LogP contribution is 2.38. The van der Waals surface area contributed by atoms with Crippen LogP contribution in [0.25, 0.3) is 0 Å². The first kappa shape index (κ1) is 20.0. The van der Waals surface area contributed by atoms with E-state index < -0.39 is 21.8 Å². The highest BCUT2D eigenvalue weighted by molar-refractivity contribution is 7.91. The zero-order valence-electron chi connectivity index (χ0n) is 15.4. The Bertz CT molecular complexity index is 992. The third-order valence-electron chi connectivity index (χ3n) is 4.88. The van der Waals surface area contributed by atoms with E-state index >= 15 is 0 Å². The average Bonchev–Trinajstić information content (AvgIpc) is 3.06. The molecule has 3 aliphatic heterocycles. The van der Waals surface area contributed by atoms with Crippen LogP contribution in [0.2, 0.25) is 5.02 Å². The molecule has 11 heteroatoms. The summed E-state index contributed by atoms with van der Waals surface area (Å²) < 4.78 is 39.6. The largest absolute Gasteiger partial charge is 0.486 e. The number of hydrogen-bond acceptors (Lipinski definition) is 8. The predicted octanol–water partition coefficient (Wildman–Crippen LogP) is 1.32. The highest BCUT2D eigenvalue weighted by Gasteiger charge is 2.37. The molecule has 4 rings (SSSR count). The van der Waals surface area contributed by atoms with Crippen LogP contribution in [0.1, 0.15) is 24.8 Å². The molecule has 1 atom stereocenters. The van der Waals surface area contributed by atoms with Gasteiger partial charge in [-0.3, -0.25) is 4.79 Å². The number of ether oxygens (including phenoxy) is 3. The van der Waals surface area contributed by atoms with E-state index in [0.29, 0.717) is 41.7 Å². The predicted molar refractivity (Wildman–Crippen MR) is 103 cm³/mol. The molecular formula is C18H19ClN2O7S. The van der Waals surface area contributed by atoms with Crippen molar-refractivity contribution in [2.75, 3.05) is 24.7 Å². The van der Waals surface area contributed by atoms with E-state index in [1.54, 1.807) is 12.1 Å². The number of amides is 1. The number of esters is 1. The van der Waals surface area contributed by atoms with Gasteiger partial charge in [0.1, 0.15) is 25.5 Å². The zero-order valence-corrected chi connectivity index (χ0v) is 17.0. The molecule has 0 spiro atoms. The molecule has 1 saturated heterocycles. The molecule has 3 aliphatic rings. The first-order valence-corrected chi connectivity index (χ1v) is 11.4. The minimum Gasteiger partial charge on any atom is -0.486 e. The minimum atomic E-state index is -3.18. The molecule has 0 saturated carbocycles. The summed E-state index contributed by atoms with van der Waals surface area (Å²) in [5.74, 6) is -0.118. The van der Waals surface area contributed by atoms with Gasteiger partial charge >= 0.3 is 5.97 Å². The van der Waals surface area contributed by atoms with Crippen molar-refractivity contribution in [3.8, 4) is 11.5 Å². The van der Waals surface area contributed by atoms with Crippen LogP contribution in [0.15, 0.2) is 17.2 Å². The van der Waals surface area contributed by atoms with Gasteiger partial charge in [0.15, 0.2) is 21.3 Å². The molecule has 9 nitrogen and oxygen atoms in total. The fourth-order valence-corrected chi connectivity index (χ4v) is 5.43. The lowest BCUT2D eigenvalue weighted by molar-refractivity contribution is -0.138. The Labute approximate surface area is 172 Å². The molecule has 0 aromatic heterocycles. The monoisotopic (exact) mass is 442 g/mol. The van der Waals surface area contributed by atoms with Gasteiger partial charge in [-0.15, -0.1) is 0 Å². The van der Waals surface area contributed by atoms with Crippen LogP contribution in [0, 0.1) is 0 Å². The Morgan fingerprint density at radius 3 is 2.83 bits per heavy atom. The van der Waals surface area contributed by atoms with E-state index in [9.17, 15) is 18.0 Å². The molecule has 1 fully saturated rings. The van der Waals surface area contributed by atoms with Crippen LogP contribution in [-0.4, -0.2) is 61.8 Å². The number of benzene rings is 1. The summed E-state index contributed by atoms with van der Waals surface area (Å²) in [6.45, 7) is 0.766. The van der Waals surface area contributed by atoms with E-state index in [2.05, 4.69) is 5.10 Å². The Morgan fingerprint density at radius 1 is 1.28 bits per heavy atom. The standard InChI is InChI=1S/C18H19ClN2O7S/c19-13-7-11(8-15-17(13)27-5-4-26-15)9-28-18(23)14-1-2-16(22)21(20-14)12-3-6-29(24,25)10-12/h7-8,12H,1-6,9-10H2/t12-/m1/s1. The van der Waals surface area contributed by atoms with Crippen LogP contribution >= 0.6 is 11.6 Å². The van der Waals surface area contributed by atoms with Crippen molar-refractivity contribution in [3.05, 3.63) is 22.7 Å². The topological polar surface area (TPSA) is 112 Å². The smallest absolute Gasteiger partial charge is 0.354 e. The van der Waals surface area contributed by atoms with Crippen molar-refractivity contribution in [2.24, 2.45) is 5.10 Å². The van der Waals surface area contributed by atoms with Crippen LogP contribution in [0.4, 0.5) is 0 Å². The van der Waals surface area contributed by atoms with Crippen LogP contribution in [-0.2, 0) is 30.8 Å². The van der Waals surface area contributed by atoms with E-state index in [-0.39, 0.29) is 42.6 Å². The Balaban J connectivity index is 1.44. The normalized spacial score (nSPS) is 22.9. The highest BCUT2D eigenvalue weighted by atomic mass is 35.5. The number of fused-ring (bicyclic) bond motifs is 1. The molecule has 0 aliphatic carbocycles. The summed E-state index contributed by atoms with van der Waals surface area (Å²) >= 11 is 6.18. The van der Waals surface area contributed by atoms with Gasteiger partial charge < -0.3 is 14.2 Å². The Hall–Kier alpha value is -2.33. The second kappa shape index (κ2) is 7.83.